The van der Waals surface area contributed by atoms with E-state index in [1.165, 1.54) is 6.42 Å². The molecule has 1 saturated carbocycles. The first-order valence-electron chi connectivity index (χ1n) is 6.81. The molecular weight excluding hydrogens is 254 g/mol. The van der Waals surface area contributed by atoms with E-state index in [1.54, 1.807) is 7.11 Å². The second-order valence-corrected chi connectivity index (χ2v) is 5.47. The number of benzene rings is 1. The van der Waals surface area contributed by atoms with Crippen LogP contribution in [0.1, 0.15) is 24.8 Å². The summed E-state index contributed by atoms with van der Waals surface area (Å²) < 4.78 is 7.47. The molecule has 0 amide bonds. The number of aryl methyl sites for hydroxylation is 1. The number of tetrazole rings is 1. The molecule has 6 nitrogen and oxygen atoms in total. The van der Waals surface area contributed by atoms with Crippen molar-refractivity contribution >= 4 is 5.69 Å². The number of anilines is 1. The minimum absolute atomic E-state index is 0.104. The van der Waals surface area contributed by atoms with Crippen LogP contribution in [0.25, 0.3) is 11.4 Å². The van der Waals surface area contributed by atoms with E-state index < -0.39 is 0 Å². The van der Waals surface area contributed by atoms with Gasteiger partial charge in [-0.2, -0.15) is 0 Å². The highest BCUT2D eigenvalue weighted by Crippen LogP contribution is 2.37. The Balaban J connectivity index is 1.91. The molecule has 0 bridgehead atoms. The molecule has 2 aromatic rings. The molecule has 0 spiro atoms. The van der Waals surface area contributed by atoms with Crippen molar-refractivity contribution in [2.24, 2.45) is 0 Å². The Morgan fingerprint density at radius 1 is 1.40 bits per heavy atom. The minimum atomic E-state index is -0.104. The predicted octanol–water partition coefficient (Wildman–Crippen LogP) is 1.80. The van der Waals surface area contributed by atoms with Gasteiger partial charge in [-0.3, -0.25) is 0 Å². The van der Waals surface area contributed by atoms with Crippen LogP contribution in [0, 0.1) is 6.92 Å². The maximum atomic E-state index is 5.86. The van der Waals surface area contributed by atoms with Gasteiger partial charge in [0.05, 0.1) is 12.1 Å². The number of aromatic nitrogens is 4. The zero-order valence-corrected chi connectivity index (χ0v) is 11.8. The Morgan fingerprint density at radius 3 is 2.80 bits per heavy atom. The van der Waals surface area contributed by atoms with Crippen LogP contribution in [0.15, 0.2) is 18.2 Å². The Labute approximate surface area is 117 Å². The largest absolute Gasteiger partial charge is 0.399 e. The number of rotatable bonds is 4. The fourth-order valence-corrected chi connectivity index (χ4v) is 2.60. The summed E-state index contributed by atoms with van der Waals surface area (Å²) in [6.45, 7) is 2.67. The average molecular weight is 273 g/mol. The van der Waals surface area contributed by atoms with Crippen LogP contribution in [-0.2, 0) is 11.3 Å². The molecule has 1 heterocycles. The first kappa shape index (κ1) is 13.1. The van der Waals surface area contributed by atoms with Crippen molar-refractivity contribution in [1.82, 2.24) is 20.2 Å². The normalized spacial score (nSPS) is 16.9. The van der Waals surface area contributed by atoms with E-state index in [4.69, 9.17) is 10.5 Å². The number of hydrogen-bond donors (Lipinski definition) is 1. The molecule has 0 aliphatic heterocycles. The van der Waals surface area contributed by atoms with Crippen molar-refractivity contribution in [3.05, 3.63) is 23.8 Å². The lowest BCUT2D eigenvalue weighted by atomic mass is 9.80. The van der Waals surface area contributed by atoms with Crippen LogP contribution < -0.4 is 5.73 Å². The van der Waals surface area contributed by atoms with Crippen LogP contribution in [0.4, 0.5) is 5.69 Å². The van der Waals surface area contributed by atoms with Gasteiger partial charge in [0.1, 0.15) is 0 Å². The summed E-state index contributed by atoms with van der Waals surface area (Å²) in [7, 11) is 1.76. The quantitative estimate of drug-likeness (QED) is 0.859. The minimum Gasteiger partial charge on any atom is -0.399 e. The fourth-order valence-electron chi connectivity index (χ4n) is 2.60. The summed E-state index contributed by atoms with van der Waals surface area (Å²) in [5, 5.41) is 12.0. The van der Waals surface area contributed by atoms with Gasteiger partial charge in [-0.05, 0) is 60.4 Å². The van der Waals surface area contributed by atoms with E-state index in [0.29, 0.717) is 6.54 Å². The van der Waals surface area contributed by atoms with E-state index in [9.17, 15) is 0 Å². The molecule has 0 radical (unpaired) electrons. The van der Waals surface area contributed by atoms with Crippen molar-refractivity contribution in [2.75, 3.05) is 12.8 Å². The molecule has 0 saturated heterocycles. The molecule has 1 aliphatic rings. The van der Waals surface area contributed by atoms with Gasteiger partial charge in [0, 0.05) is 18.4 Å². The van der Waals surface area contributed by atoms with Gasteiger partial charge in [0.25, 0.3) is 0 Å². The van der Waals surface area contributed by atoms with Crippen LogP contribution in [0.5, 0.6) is 0 Å². The molecule has 1 aromatic heterocycles. The van der Waals surface area contributed by atoms with Crippen molar-refractivity contribution < 1.29 is 4.74 Å². The molecule has 1 aromatic carbocycles. The van der Waals surface area contributed by atoms with Gasteiger partial charge in [-0.25, -0.2) is 4.68 Å². The zero-order chi connectivity index (χ0) is 14.2. The molecule has 106 valence electrons. The van der Waals surface area contributed by atoms with Gasteiger partial charge in [0.15, 0.2) is 5.82 Å². The van der Waals surface area contributed by atoms with Crippen LogP contribution in [-0.4, -0.2) is 32.9 Å². The standard InChI is InChI=1S/C14H19N5O/c1-10-8-11(4-5-12(10)15)13-16-17-18-19(13)9-14(20-2)6-3-7-14/h4-5,8H,3,6-7,9,15H2,1-2H3. The van der Waals surface area contributed by atoms with E-state index in [2.05, 4.69) is 15.5 Å². The van der Waals surface area contributed by atoms with Gasteiger partial charge in [0.2, 0.25) is 0 Å². The molecule has 1 fully saturated rings. The van der Waals surface area contributed by atoms with Crippen LogP contribution in [0.2, 0.25) is 0 Å². The molecule has 1 aliphatic carbocycles. The first-order valence-corrected chi connectivity index (χ1v) is 6.81. The molecule has 0 unspecified atom stereocenters. The Hall–Kier alpha value is -1.95. The second kappa shape index (κ2) is 4.86. The highest BCUT2D eigenvalue weighted by atomic mass is 16.5. The zero-order valence-electron chi connectivity index (χ0n) is 11.8. The number of nitrogens with two attached hydrogens (primary N) is 1. The van der Waals surface area contributed by atoms with Gasteiger partial charge < -0.3 is 10.5 Å². The number of methoxy groups -OCH3 is 1. The third kappa shape index (κ3) is 2.16. The molecule has 0 atom stereocenters. The predicted molar refractivity (Wildman–Crippen MR) is 76.0 cm³/mol. The molecule has 3 rings (SSSR count). The highest BCUT2D eigenvalue weighted by molar-refractivity contribution is 5.61. The summed E-state index contributed by atoms with van der Waals surface area (Å²) in [6.07, 6.45) is 3.32. The number of hydrogen-bond acceptors (Lipinski definition) is 5. The maximum Gasteiger partial charge on any atom is 0.182 e. The number of nitrogen functional groups attached to an aromatic ring is 1. The lowest BCUT2D eigenvalue weighted by Crippen LogP contribution is -2.43. The van der Waals surface area contributed by atoms with Crippen molar-refractivity contribution in [3.8, 4) is 11.4 Å². The van der Waals surface area contributed by atoms with Crippen LogP contribution >= 0.6 is 0 Å². The van der Waals surface area contributed by atoms with Gasteiger partial charge >= 0.3 is 0 Å². The third-order valence-corrected chi connectivity index (χ3v) is 4.20. The highest BCUT2D eigenvalue weighted by Gasteiger charge is 2.38. The van der Waals surface area contributed by atoms with E-state index in [1.807, 2.05) is 29.8 Å². The third-order valence-electron chi connectivity index (χ3n) is 4.20. The number of nitrogens with zero attached hydrogens (tertiary/aromatic N) is 4. The SMILES string of the molecule is COC1(Cn2nnnc2-c2ccc(N)c(C)c2)CCC1. The summed E-state index contributed by atoms with van der Waals surface area (Å²) in [6, 6.07) is 5.85. The topological polar surface area (TPSA) is 78.8 Å². The van der Waals surface area contributed by atoms with E-state index in [0.717, 1.165) is 35.5 Å². The van der Waals surface area contributed by atoms with Crippen molar-refractivity contribution in [2.45, 2.75) is 38.3 Å². The smallest absolute Gasteiger partial charge is 0.182 e. The van der Waals surface area contributed by atoms with Gasteiger partial charge in [-0.1, -0.05) is 0 Å². The lowest BCUT2D eigenvalue weighted by molar-refractivity contribution is -0.0855. The summed E-state index contributed by atoms with van der Waals surface area (Å²) >= 11 is 0. The first-order chi connectivity index (χ1) is 9.63. The summed E-state index contributed by atoms with van der Waals surface area (Å²) in [5.74, 6) is 0.761. The molecule has 20 heavy (non-hydrogen) atoms. The lowest BCUT2D eigenvalue weighted by Gasteiger charge is -2.40. The van der Waals surface area contributed by atoms with Gasteiger partial charge in [-0.15, -0.1) is 5.10 Å². The van der Waals surface area contributed by atoms with Crippen molar-refractivity contribution in [3.63, 3.8) is 0 Å². The van der Waals surface area contributed by atoms with Crippen molar-refractivity contribution in [1.29, 1.82) is 0 Å². The Morgan fingerprint density at radius 2 is 2.20 bits per heavy atom. The molecule has 2 N–H and O–H groups in total. The Bertz CT molecular complexity index is 612. The second-order valence-electron chi connectivity index (χ2n) is 5.47. The monoisotopic (exact) mass is 273 g/mol. The van der Waals surface area contributed by atoms with E-state index in [-0.39, 0.29) is 5.60 Å². The van der Waals surface area contributed by atoms with Crippen LogP contribution in [0.3, 0.4) is 0 Å². The van der Waals surface area contributed by atoms with E-state index >= 15 is 0 Å². The fraction of sp³-hybridized carbons (Fsp3) is 0.500. The summed E-state index contributed by atoms with van der Waals surface area (Å²) in [5.41, 5.74) is 8.54. The number of ether oxygens (including phenoxy) is 1. The molecule has 6 heteroatoms. The molecular formula is C14H19N5O. The maximum absolute atomic E-state index is 5.86. The average Bonchev–Trinajstić information content (AvgIpc) is 2.85. The summed E-state index contributed by atoms with van der Waals surface area (Å²) in [4.78, 5) is 0. The Kier molecular flexibility index (Phi) is 3.17.